The number of anilines is 1. The molecule has 0 fully saturated rings. The average Bonchev–Trinajstić information content (AvgIpc) is 2.73. The second-order valence-corrected chi connectivity index (χ2v) is 7.26. The molecule has 3 rings (SSSR count). The molecule has 2 aromatic carbocycles. The molecule has 152 valence electrons. The second-order valence-electron chi connectivity index (χ2n) is 6.34. The van der Waals surface area contributed by atoms with E-state index in [0.29, 0.717) is 11.4 Å². The fourth-order valence-electron chi connectivity index (χ4n) is 2.90. The first-order valence-corrected chi connectivity index (χ1v) is 9.48. The number of benzene rings is 2. The molecule has 0 saturated carbocycles. The molecular weight excluding hydrogens is 456 g/mol. The maximum atomic E-state index is 13.4. The number of rotatable bonds is 6. The number of nitrogens with zero attached hydrogens (tertiary/aromatic N) is 4. The summed E-state index contributed by atoms with van der Waals surface area (Å²) in [5.41, 5.74) is 0.0348. The lowest BCUT2D eigenvalue weighted by molar-refractivity contribution is -0.394. The topological polar surface area (TPSA) is 119 Å². The molecule has 0 radical (unpaired) electrons. The normalized spacial score (nSPS) is 10.5. The molecule has 0 spiro atoms. The summed E-state index contributed by atoms with van der Waals surface area (Å²) >= 11 is 3.34. The van der Waals surface area contributed by atoms with Crippen LogP contribution in [0.25, 0.3) is 0 Å². The van der Waals surface area contributed by atoms with E-state index in [4.69, 9.17) is 0 Å². The van der Waals surface area contributed by atoms with Gasteiger partial charge in [-0.05, 0) is 43.3 Å². The Bertz CT molecular complexity index is 1120. The minimum atomic E-state index is -0.758. The van der Waals surface area contributed by atoms with E-state index in [1.807, 2.05) is 0 Å². The number of nitro groups is 2. The van der Waals surface area contributed by atoms with Crippen molar-refractivity contribution in [2.75, 3.05) is 4.90 Å². The Morgan fingerprint density at radius 1 is 1.07 bits per heavy atom. The van der Waals surface area contributed by atoms with E-state index in [1.165, 1.54) is 11.8 Å². The van der Waals surface area contributed by atoms with Crippen LogP contribution in [0.1, 0.15) is 21.6 Å². The van der Waals surface area contributed by atoms with E-state index in [0.717, 1.165) is 16.6 Å². The molecule has 0 aliphatic heterocycles. The van der Waals surface area contributed by atoms with E-state index in [-0.39, 0.29) is 17.7 Å². The van der Waals surface area contributed by atoms with Crippen LogP contribution in [0.4, 0.5) is 17.1 Å². The van der Waals surface area contributed by atoms with Gasteiger partial charge in [-0.3, -0.25) is 30.0 Å². The Hall–Kier alpha value is -3.66. The van der Waals surface area contributed by atoms with E-state index in [9.17, 15) is 25.0 Å². The maximum absolute atomic E-state index is 13.4. The third-order valence-corrected chi connectivity index (χ3v) is 4.96. The summed E-state index contributed by atoms with van der Waals surface area (Å²) in [5, 5.41) is 22.7. The highest BCUT2D eigenvalue weighted by Crippen LogP contribution is 2.31. The molecule has 1 aromatic heterocycles. The SMILES string of the molecule is Cc1c(C(=O)N(Cc2ccccn2)c2ccc(Br)cc2)cc([N+](=O)[O-])cc1[N+](=O)[O-]. The number of amides is 1. The minimum Gasteiger partial charge on any atom is -0.302 e. The van der Waals surface area contributed by atoms with Gasteiger partial charge in [-0.25, -0.2) is 0 Å². The highest BCUT2D eigenvalue weighted by atomic mass is 79.9. The summed E-state index contributed by atoms with van der Waals surface area (Å²) in [4.78, 5) is 40.2. The smallest absolute Gasteiger partial charge is 0.279 e. The number of carbonyl (C=O) groups excluding carboxylic acids is 1. The molecular formula is C20H15BrN4O5. The van der Waals surface area contributed by atoms with Crippen molar-refractivity contribution in [3.05, 3.63) is 102 Å². The first-order chi connectivity index (χ1) is 14.3. The van der Waals surface area contributed by atoms with Crippen molar-refractivity contribution in [3.8, 4) is 0 Å². The summed E-state index contributed by atoms with van der Waals surface area (Å²) in [6.07, 6.45) is 1.59. The number of nitro benzene ring substituents is 2. The monoisotopic (exact) mass is 470 g/mol. The number of aromatic nitrogens is 1. The van der Waals surface area contributed by atoms with Gasteiger partial charge in [0.05, 0.1) is 33.7 Å². The predicted octanol–water partition coefficient (Wildman–Crippen LogP) is 4.82. The van der Waals surface area contributed by atoms with Gasteiger partial charge < -0.3 is 4.90 Å². The van der Waals surface area contributed by atoms with Gasteiger partial charge in [-0.1, -0.05) is 22.0 Å². The fraction of sp³-hybridized carbons (Fsp3) is 0.100. The Morgan fingerprint density at radius 3 is 2.33 bits per heavy atom. The molecule has 0 aliphatic carbocycles. The Kier molecular flexibility index (Phi) is 6.17. The summed E-state index contributed by atoms with van der Waals surface area (Å²) in [6, 6.07) is 14.1. The van der Waals surface area contributed by atoms with Crippen molar-refractivity contribution < 1.29 is 14.6 Å². The van der Waals surface area contributed by atoms with Crippen LogP contribution in [0.3, 0.4) is 0 Å². The number of hydrogen-bond donors (Lipinski definition) is 0. The van der Waals surface area contributed by atoms with Crippen molar-refractivity contribution in [1.82, 2.24) is 4.98 Å². The molecule has 0 unspecified atom stereocenters. The van der Waals surface area contributed by atoms with Crippen LogP contribution in [-0.4, -0.2) is 20.7 Å². The number of halogens is 1. The quantitative estimate of drug-likeness (QED) is 0.376. The first kappa shape index (κ1) is 21.1. The Balaban J connectivity index is 2.14. The van der Waals surface area contributed by atoms with Crippen molar-refractivity contribution in [1.29, 1.82) is 0 Å². The van der Waals surface area contributed by atoms with Gasteiger partial charge in [-0.15, -0.1) is 0 Å². The van der Waals surface area contributed by atoms with Crippen LogP contribution in [-0.2, 0) is 6.54 Å². The lowest BCUT2D eigenvalue weighted by Crippen LogP contribution is -2.31. The summed E-state index contributed by atoms with van der Waals surface area (Å²) in [5.74, 6) is -0.604. The van der Waals surface area contributed by atoms with Crippen LogP contribution in [0, 0.1) is 27.2 Å². The van der Waals surface area contributed by atoms with Gasteiger partial charge in [-0.2, -0.15) is 0 Å². The van der Waals surface area contributed by atoms with Crippen LogP contribution < -0.4 is 4.90 Å². The molecule has 0 atom stereocenters. The van der Waals surface area contributed by atoms with Crippen molar-refractivity contribution in [2.24, 2.45) is 0 Å². The predicted molar refractivity (Wildman–Crippen MR) is 113 cm³/mol. The lowest BCUT2D eigenvalue weighted by atomic mass is 10.0. The molecule has 30 heavy (non-hydrogen) atoms. The zero-order valence-electron chi connectivity index (χ0n) is 15.7. The lowest BCUT2D eigenvalue weighted by Gasteiger charge is -2.23. The second kappa shape index (κ2) is 8.78. The fourth-order valence-corrected chi connectivity index (χ4v) is 3.17. The van der Waals surface area contributed by atoms with Crippen LogP contribution in [0.5, 0.6) is 0 Å². The molecule has 10 heteroatoms. The molecule has 0 N–H and O–H groups in total. The third kappa shape index (κ3) is 4.49. The van der Waals surface area contributed by atoms with Crippen molar-refractivity contribution in [2.45, 2.75) is 13.5 Å². The highest BCUT2D eigenvalue weighted by Gasteiger charge is 2.28. The zero-order chi connectivity index (χ0) is 21.8. The first-order valence-electron chi connectivity index (χ1n) is 8.68. The largest absolute Gasteiger partial charge is 0.302 e. The standard InChI is InChI=1S/C20H15BrN4O5/c1-13-18(10-17(24(27)28)11-19(13)25(29)30)20(26)23(12-15-4-2-3-9-22-15)16-7-5-14(21)6-8-16/h2-11H,12H2,1H3. The van der Waals surface area contributed by atoms with E-state index < -0.39 is 27.1 Å². The van der Waals surface area contributed by atoms with E-state index in [1.54, 1.807) is 48.7 Å². The molecule has 1 heterocycles. The third-order valence-electron chi connectivity index (χ3n) is 4.43. The van der Waals surface area contributed by atoms with Gasteiger partial charge in [0.15, 0.2) is 0 Å². The van der Waals surface area contributed by atoms with E-state index >= 15 is 0 Å². The highest BCUT2D eigenvalue weighted by molar-refractivity contribution is 9.10. The Morgan fingerprint density at radius 2 is 1.77 bits per heavy atom. The molecule has 0 bridgehead atoms. The van der Waals surface area contributed by atoms with Gasteiger partial charge in [0.2, 0.25) is 0 Å². The van der Waals surface area contributed by atoms with Gasteiger partial charge in [0, 0.05) is 28.0 Å². The molecule has 0 aliphatic rings. The van der Waals surface area contributed by atoms with E-state index in [2.05, 4.69) is 20.9 Å². The minimum absolute atomic E-state index is 0.0544. The summed E-state index contributed by atoms with van der Waals surface area (Å²) in [6.45, 7) is 1.48. The van der Waals surface area contributed by atoms with Crippen LogP contribution in [0.15, 0.2) is 65.3 Å². The van der Waals surface area contributed by atoms with Crippen LogP contribution in [0.2, 0.25) is 0 Å². The number of hydrogen-bond acceptors (Lipinski definition) is 6. The summed E-state index contributed by atoms with van der Waals surface area (Å²) < 4.78 is 0.804. The molecule has 1 amide bonds. The van der Waals surface area contributed by atoms with Crippen LogP contribution >= 0.6 is 15.9 Å². The Labute approximate surface area is 179 Å². The number of carbonyl (C=O) groups is 1. The molecule has 9 nitrogen and oxygen atoms in total. The van der Waals surface area contributed by atoms with Crippen molar-refractivity contribution >= 4 is 38.9 Å². The van der Waals surface area contributed by atoms with Gasteiger partial charge in [0.1, 0.15) is 0 Å². The average molecular weight is 471 g/mol. The molecule has 0 saturated heterocycles. The van der Waals surface area contributed by atoms with Gasteiger partial charge in [0.25, 0.3) is 17.3 Å². The van der Waals surface area contributed by atoms with Gasteiger partial charge >= 0.3 is 0 Å². The number of non-ortho nitro benzene ring substituents is 1. The van der Waals surface area contributed by atoms with Crippen molar-refractivity contribution in [3.63, 3.8) is 0 Å². The summed E-state index contributed by atoms with van der Waals surface area (Å²) in [7, 11) is 0. The molecule has 3 aromatic rings. The maximum Gasteiger partial charge on any atom is 0.279 e. The zero-order valence-corrected chi connectivity index (χ0v) is 17.3. The number of pyridine rings is 1.